The number of nitrogens with one attached hydrogen (secondary N) is 1. The highest BCUT2D eigenvalue weighted by atomic mass is 32.2. The summed E-state index contributed by atoms with van der Waals surface area (Å²) in [5.74, 6) is 0. The molecule has 0 bridgehead atoms. The van der Waals surface area contributed by atoms with E-state index >= 15 is 0 Å². The molecule has 0 amide bonds. The molecule has 0 spiro atoms. The van der Waals surface area contributed by atoms with Crippen molar-refractivity contribution >= 4 is 23.1 Å². The lowest BCUT2D eigenvalue weighted by atomic mass is 10.3. The molecule has 0 atom stereocenters. The Bertz CT molecular complexity index is 584. The van der Waals surface area contributed by atoms with Crippen molar-refractivity contribution < 1.29 is 10.1 Å². The van der Waals surface area contributed by atoms with Crippen molar-refractivity contribution in [3.8, 4) is 0 Å². The molecule has 2 rings (SSSR count). The Morgan fingerprint density at radius 2 is 1.78 bits per heavy atom. The molecule has 90 valence electrons. The van der Waals surface area contributed by atoms with Gasteiger partial charge in [0.2, 0.25) is 0 Å². The van der Waals surface area contributed by atoms with Crippen LogP contribution in [-0.2, 0) is 0 Å². The van der Waals surface area contributed by atoms with Crippen LogP contribution in [0.2, 0.25) is 0 Å². The predicted molar refractivity (Wildman–Crippen MR) is 67.7 cm³/mol. The third kappa shape index (κ3) is 2.92. The molecule has 0 aromatic heterocycles. The number of non-ortho nitro benzene ring substituents is 1. The Hall–Kier alpha value is -2.21. The molecule has 5 nitrogen and oxygen atoms in total. The zero-order valence-electron chi connectivity index (χ0n) is 9.20. The number of nitro benzene ring substituents is 1. The van der Waals surface area contributed by atoms with Crippen LogP contribution >= 0.6 is 11.8 Å². The molecule has 2 aromatic carbocycles. The molecule has 0 radical (unpaired) electrons. The number of nitrogens with zero attached hydrogens (tertiary/aromatic N) is 1. The van der Waals surface area contributed by atoms with Gasteiger partial charge in [0.05, 0.1) is 4.92 Å². The van der Waals surface area contributed by atoms with Gasteiger partial charge in [-0.3, -0.25) is 10.1 Å². The highest BCUT2D eigenvalue weighted by Crippen LogP contribution is 2.30. The highest BCUT2D eigenvalue weighted by molar-refractivity contribution is 7.99. The summed E-state index contributed by atoms with van der Waals surface area (Å²) in [4.78, 5) is 22.3. The summed E-state index contributed by atoms with van der Waals surface area (Å²) in [7, 11) is 0. The molecule has 0 unspecified atom stereocenters. The van der Waals surface area contributed by atoms with Gasteiger partial charge in [-0.1, -0.05) is 17.8 Å². The average molecular weight is 261 g/mol. The van der Waals surface area contributed by atoms with Crippen molar-refractivity contribution in [1.82, 2.24) is 0 Å². The zero-order chi connectivity index (χ0) is 13.0. The molecule has 0 heterocycles. The maximum atomic E-state index is 10.6. The van der Waals surface area contributed by atoms with Crippen molar-refractivity contribution in [2.75, 3.05) is 0 Å². The summed E-state index contributed by atoms with van der Waals surface area (Å²) in [6.45, 7) is 0. The maximum absolute atomic E-state index is 10.6. The maximum Gasteiger partial charge on any atom is 0.270 e. The fourth-order valence-electron chi connectivity index (χ4n) is 1.39. The van der Waals surface area contributed by atoms with Crippen molar-refractivity contribution in [3.63, 3.8) is 0 Å². The van der Waals surface area contributed by atoms with Crippen LogP contribution < -0.4 is 5.18 Å². The highest BCUT2D eigenvalue weighted by Gasteiger charge is 2.07. The van der Waals surface area contributed by atoms with Crippen LogP contribution in [0.4, 0.5) is 11.4 Å². The minimum Gasteiger partial charge on any atom is -0.258 e. The summed E-state index contributed by atoms with van der Waals surface area (Å²) >= 11 is 1.40. The lowest BCUT2D eigenvalue weighted by Crippen LogP contribution is -2.55. The quantitative estimate of drug-likeness (QED) is 0.676. The number of hydrogen-bond donors (Lipinski definition) is 1. The first-order valence-electron chi connectivity index (χ1n) is 5.09. The molecule has 18 heavy (non-hydrogen) atoms. The summed E-state index contributed by atoms with van der Waals surface area (Å²) in [6.07, 6.45) is 0. The standard InChI is InChI=1S/C12H8N2O3S/c15-13-9-4-6-11(7-5-9)18-12-3-1-2-10(8-12)14(16)17/h1-8H/p+1. The molecule has 0 aliphatic heterocycles. The van der Waals surface area contributed by atoms with E-state index in [-0.39, 0.29) is 5.69 Å². The van der Waals surface area contributed by atoms with Gasteiger partial charge in [-0.15, -0.1) is 0 Å². The Balaban J connectivity index is 2.19. The van der Waals surface area contributed by atoms with Crippen molar-refractivity contribution in [2.24, 2.45) is 0 Å². The summed E-state index contributed by atoms with van der Waals surface area (Å²) in [6, 6.07) is 13.3. The topological polar surface area (TPSA) is 74.2 Å². The number of rotatable bonds is 4. The van der Waals surface area contributed by atoms with Gasteiger partial charge < -0.3 is 0 Å². The molecule has 2 aromatic rings. The second-order valence-electron chi connectivity index (χ2n) is 3.48. The number of nitro groups is 1. The first-order valence-corrected chi connectivity index (χ1v) is 5.91. The lowest BCUT2D eigenvalue weighted by Gasteiger charge is -2.00. The van der Waals surface area contributed by atoms with Crippen molar-refractivity contribution in [1.29, 1.82) is 0 Å². The first kappa shape index (κ1) is 12.3. The zero-order valence-corrected chi connectivity index (χ0v) is 10.0. The van der Waals surface area contributed by atoms with Crippen LogP contribution in [0.5, 0.6) is 0 Å². The molecule has 0 saturated carbocycles. The van der Waals surface area contributed by atoms with Gasteiger partial charge in [0.1, 0.15) is 0 Å². The summed E-state index contributed by atoms with van der Waals surface area (Å²) < 4.78 is 0. The largest absolute Gasteiger partial charge is 0.270 e. The molecule has 0 aliphatic rings. The van der Waals surface area contributed by atoms with E-state index in [4.69, 9.17) is 0 Å². The average Bonchev–Trinajstić information content (AvgIpc) is 2.40. The van der Waals surface area contributed by atoms with E-state index in [1.54, 1.807) is 41.6 Å². The molecule has 0 fully saturated rings. The van der Waals surface area contributed by atoms with Crippen LogP contribution in [-0.4, -0.2) is 4.92 Å². The van der Waals surface area contributed by atoms with E-state index in [2.05, 4.69) is 0 Å². The van der Waals surface area contributed by atoms with Crippen LogP contribution in [0.25, 0.3) is 0 Å². The molecular weight excluding hydrogens is 252 g/mol. The number of benzene rings is 2. The predicted octanol–water partition coefficient (Wildman–Crippen LogP) is 2.22. The van der Waals surface area contributed by atoms with Gasteiger partial charge in [-0.25, -0.2) is 0 Å². The number of hydrogen-bond acceptors (Lipinski definition) is 4. The van der Waals surface area contributed by atoms with Crippen LogP contribution in [0.15, 0.2) is 58.3 Å². The molecule has 6 heteroatoms. The third-order valence-corrected chi connectivity index (χ3v) is 3.23. The minimum atomic E-state index is -0.422. The molecule has 0 aliphatic carbocycles. The second kappa shape index (κ2) is 5.42. The Morgan fingerprint density at radius 1 is 1.06 bits per heavy atom. The Kier molecular flexibility index (Phi) is 3.69. The second-order valence-corrected chi connectivity index (χ2v) is 4.63. The van der Waals surface area contributed by atoms with E-state index in [0.717, 1.165) is 9.79 Å². The summed E-state index contributed by atoms with van der Waals surface area (Å²) in [5, 5.41) is 12.4. The van der Waals surface area contributed by atoms with Crippen molar-refractivity contribution in [3.05, 3.63) is 63.6 Å². The van der Waals surface area contributed by atoms with Gasteiger partial charge in [-0.2, -0.15) is 0 Å². The van der Waals surface area contributed by atoms with Crippen LogP contribution in [0, 0.1) is 15.0 Å². The fourth-order valence-corrected chi connectivity index (χ4v) is 2.26. The molecular formula is C12H9N2O3S+. The van der Waals surface area contributed by atoms with Gasteiger partial charge in [0.25, 0.3) is 11.4 Å². The van der Waals surface area contributed by atoms with Crippen molar-refractivity contribution in [2.45, 2.75) is 9.79 Å². The molecule has 0 saturated heterocycles. The van der Waals surface area contributed by atoms with E-state index in [9.17, 15) is 15.0 Å². The lowest BCUT2D eigenvalue weighted by molar-refractivity contribution is -0.385. The van der Waals surface area contributed by atoms with Gasteiger partial charge in [0, 0.05) is 44.1 Å². The smallest absolute Gasteiger partial charge is 0.258 e. The Morgan fingerprint density at radius 3 is 2.39 bits per heavy atom. The third-order valence-electron chi connectivity index (χ3n) is 2.24. The minimum absolute atomic E-state index is 0.0674. The number of nitroso groups, excluding NO2 is 1. The van der Waals surface area contributed by atoms with E-state index in [1.807, 2.05) is 0 Å². The van der Waals surface area contributed by atoms with Crippen LogP contribution in [0.3, 0.4) is 0 Å². The van der Waals surface area contributed by atoms with Gasteiger partial charge in [-0.05, 0) is 18.2 Å². The van der Waals surface area contributed by atoms with E-state index < -0.39 is 4.92 Å². The van der Waals surface area contributed by atoms with Gasteiger partial charge >= 0.3 is 0 Å². The van der Waals surface area contributed by atoms with E-state index in [0.29, 0.717) is 5.69 Å². The SMILES string of the molecule is O=[NH+]c1ccc(Sc2cccc([N+](=O)[O-])c2)cc1. The first-order chi connectivity index (χ1) is 8.69. The molecule has 1 N–H and O–H groups in total. The normalized spacial score (nSPS) is 10.0. The van der Waals surface area contributed by atoms with E-state index in [1.165, 1.54) is 23.9 Å². The van der Waals surface area contributed by atoms with Gasteiger partial charge in [0.15, 0.2) is 0 Å². The Labute approximate surface area is 107 Å². The summed E-state index contributed by atoms with van der Waals surface area (Å²) in [5.41, 5.74) is 0.552. The monoisotopic (exact) mass is 261 g/mol. The fraction of sp³-hybridized carbons (Fsp3) is 0. The van der Waals surface area contributed by atoms with Crippen LogP contribution in [0.1, 0.15) is 0 Å².